The van der Waals surface area contributed by atoms with Crippen LogP contribution in [0.4, 0.5) is 4.79 Å². The van der Waals surface area contributed by atoms with Crippen LogP contribution in [0.1, 0.15) is 26.6 Å². The maximum Gasteiger partial charge on any atom is 0.509 e. The molecule has 0 saturated carbocycles. The van der Waals surface area contributed by atoms with Gasteiger partial charge >= 0.3 is 6.16 Å². The van der Waals surface area contributed by atoms with Gasteiger partial charge in [0.1, 0.15) is 5.60 Å². The molecule has 0 radical (unpaired) electrons. The summed E-state index contributed by atoms with van der Waals surface area (Å²) in [6.45, 7) is 5.12. The van der Waals surface area contributed by atoms with Gasteiger partial charge in [-0.3, -0.25) is 0 Å². The van der Waals surface area contributed by atoms with Gasteiger partial charge in [-0.25, -0.2) is 4.79 Å². The lowest BCUT2D eigenvalue weighted by Gasteiger charge is -2.18. The Bertz CT molecular complexity index is 594. The summed E-state index contributed by atoms with van der Waals surface area (Å²) in [5.74, 6) is 0.622. The van der Waals surface area contributed by atoms with E-state index < -0.39 is 11.8 Å². The fraction of sp³-hybridized carbons (Fsp3) is 0.357. The Morgan fingerprint density at radius 2 is 1.67 bits per heavy atom. The highest BCUT2D eigenvalue weighted by Gasteiger charge is 2.18. The minimum atomic E-state index is -0.779. The third kappa shape index (κ3) is 4.79. The van der Waals surface area contributed by atoms with Crippen molar-refractivity contribution >= 4 is 6.16 Å². The molecular weight excluding hydrogens is 272 g/mol. The Kier molecular flexibility index (Phi) is 4.42. The monoisotopic (exact) mass is 288 g/mol. The van der Waals surface area contributed by atoms with Crippen LogP contribution in [0.15, 0.2) is 30.3 Å². The molecule has 0 N–H and O–H groups in total. The largest absolute Gasteiger partial charge is 0.509 e. The van der Waals surface area contributed by atoms with E-state index in [0.29, 0.717) is 5.82 Å². The van der Waals surface area contributed by atoms with Crippen LogP contribution in [0.25, 0.3) is 11.4 Å². The molecule has 1 aromatic heterocycles. The molecule has 2 aromatic rings. The van der Waals surface area contributed by atoms with Gasteiger partial charge in [0.05, 0.1) is 0 Å². The summed E-state index contributed by atoms with van der Waals surface area (Å²) in [5, 5.41) is 15.6. The molecule has 0 saturated heterocycles. The number of ether oxygens (including phenoxy) is 2. The molecule has 1 aromatic carbocycles. The second kappa shape index (κ2) is 6.25. The highest BCUT2D eigenvalue weighted by Crippen LogP contribution is 2.11. The van der Waals surface area contributed by atoms with Gasteiger partial charge in [0.15, 0.2) is 6.61 Å². The number of benzene rings is 1. The van der Waals surface area contributed by atoms with Gasteiger partial charge in [0, 0.05) is 5.56 Å². The van der Waals surface area contributed by atoms with Gasteiger partial charge in [-0.2, -0.15) is 0 Å². The van der Waals surface area contributed by atoms with Crippen LogP contribution in [0.5, 0.6) is 0 Å². The zero-order valence-electron chi connectivity index (χ0n) is 12.1. The van der Waals surface area contributed by atoms with Crippen LogP contribution >= 0.6 is 0 Å². The van der Waals surface area contributed by atoms with Crippen LogP contribution in [-0.4, -0.2) is 32.2 Å². The summed E-state index contributed by atoms with van der Waals surface area (Å²) in [5.41, 5.74) is 0.211. The fourth-order valence-corrected chi connectivity index (χ4v) is 1.41. The van der Waals surface area contributed by atoms with E-state index in [-0.39, 0.29) is 12.4 Å². The molecule has 2 rings (SSSR count). The summed E-state index contributed by atoms with van der Waals surface area (Å²) in [6, 6.07) is 9.36. The Balaban J connectivity index is 1.93. The molecular formula is C14H16N4O3. The van der Waals surface area contributed by atoms with E-state index in [1.807, 2.05) is 30.3 Å². The highest BCUT2D eigenvalue weighted by atomic mass is 16.7. The van der Waals surface area contributed by atoms with Gasteiger partial charge in [-0.05, 0) is 20.8 Å². The molecule has 0 fully saturated rings. The molecule has 0 amide bonds. The van der Waals surface area contributed by atoms with Crippen molar-refractivity contribution in [3.63, 3.8) is 0 Å². The Hall–Kier alpha value is -2.57. The highest BCUT2D eigenvalue weighted by molar-refractivity contribution is 5.60. The predicted molar refractivity (Wildman–Crippen MR) is 74.1 cm³/mol. The summed E-state index contributed by atoms with van der Waals surface area (Å²) < 4.78 is 9.88. The number of aromatic nitrogens is 4. The van der Waals surface area contributed by atoms with E-state index >= 15 is 0 Å². The zero-order chi connectivity index (χ0) is 15.3. The van der Waals surface area contributed by atoms with Crippen LogP contribution in [0.3, 0.4) is 0 Å². The average Bonchev–Trinajstić information content (AvgIpc) is 2.45. The molecule has 0 aliphatic heterocycles. The second-order valence-electron chi connectivity index (χ2n) is 5.26. The SMILES string of the molecule is CC(C)(C)OC(=O)OCc1nnc(-c2ccccc2)nn1. The third-order valence-electron chi connectivity index (χ3n) is 2.26. The van der Waals surface area contributed by atoms with Crippen molar-refractivity contribution in [2.75, 3.05) is 0 Å². The van der Waals surface area contributed by atoms with Crippen LogP contribution in [0.2, 0.25) is 0 Å². The lowest BCUT2D eigenvalue weighted by molar-refractivity contribution is -0.0120. The van der Waals surface area contributed by atoms with Crippen molar-refractivity contribution in [1.29, 1.82) is 0 Å². The molecule has 0 spiro atoms. The topological polar surface area (TPSA) is 87.1 Å². The summed E-state index contributed by atoms with van der Waals surface area (Å²) in [6.07, 6.45) is -0.779. The lowest BCUT2D eigenvalue weighted by atomic mass is 10.2. The number of hydrogen-bond acceptors (Lipinski definition) is 7. The van der Waals surface area contributed by atoms with Gasteiger partial charge < -0.3 is 9.47 Å². The minimum absolute atomic E-state index is 0.135. The molecule has 0 atom stereocenters. The molecule has 1 heterocycles. The van der Waals surface area contributed by atoms with Gasteiger partial charge in [-0.1, -0.05) is 30.3 Å². The van der Waals surface area contributed by atoms with Crippen molar-refractivity contribution < 1.29 is 14.3 Å². The van der Waals surface area contributed by atoms with Crippen molar-refractivity contribution in [2.24, 2.45) is 0 Å². The van der Waals surface area contributed by atoms with E-state index in [2.05, 4.69) is 20.4 Å². The summed E-state index contributed by atoms with van der Waals surface area (Å²) in [7, 11) is 0. The third-order valence-corrected chi connectivity index (χ3v) is 2.26. The number of nitrogens with zero attached hydrogens (tertiary/aromatic N) is 4. The first-order valence-electron chi connectivity index (χ1n) is 6.41. The zero-order valence-corrected chi connectivity index (χ0v) is 12.1. The second-order valence-corrected chi connectivity index (χ2v) is 5.26. The minimum Gasteiger partial charge on any atom is -0.429 e. The van der Waals surface area contributed by atoms with Crippen molar-refractivity contribution in [1.82, 2.24) is 20.4 Å². The fourth-order valence-electron chi connectivity index (χ4n) is 1.41. The lowest BCUT2D eigenvalue weighted by Crippen LogP contribution is -2.24. The van der Waals surface area contributed by atoms with Crippen LogP contribution in [-0.2, 0) is 16.1 Å². The molecule has 7 heteroatoms. The molecule has 0 bridgehead atoms. The van der Waals surface area contributed by atoms with E-state index in [1.165, 1.54) is 0 Å². The predicted octanol–water partition coefficient (Wildman–Crippen LogP) is 2.39. The normalized spacial score (nSPS) is 11.0. The van der Waals surface area contributed by atoms with Crippen molar-refractivity contribution in [3.8, 4) is 11.4 Å². The van der Waals surface area contributed by atoms with E-state index in [1.54, 1.807) is 20.8 Å². The van der Waals surface area contributed by atoms with Crippen molar-refractivity contribution in [3.05, 3.63) is 36.2 Å². The van der Waals surface area contributed by atoms with Gasteiger partial charge in [-0.15, -0.1) is 20.4 Å². The average molecular weight is 288 g/mol. The van der Waals surface area contributed by atoms with Crippen LogP contribution in [0, 0.1) is 0 Å². The number of carbonyl (C=O) groups is 1. The first kappa shape index (κ1) is 14.8. The Labute approximate surface area is 122 Å². The molecule has 7 nitrogen and oxygen atoms in total. The van der Waals surface area contributed by atoms with Crippen LogP contribution < -0.4 is 0 Å². The summed E-state index contributed by atoms with van der Waals surface area (Å²) >= 11 is 0. The van der Waals surface area contributed by atoms with E-state index in [4.69, 9.17) is 9.47 Å². The Morgan fingerprint density at radius 3 is 2.24 bits per heavy atom. The number of rotatable bonds is 3. The smallest absolute Gasteiger partial charge is 0.429 e. The number of carbonyl (C=O) groups excluding carboxylic acids is 1. The van der Waals surface area contributed by atoms with E-state index in [9.17, 15) is 4.79 Å². The van der Waals surface area contributed by atoms with Gasteiger partial charge in [0.25, 0.3) is 0 Å². The maximum atomic E-state index is 11.4. The summed E-state index contributed by atoms with van der Waals surface area (Å²) in [4.78, 5) is 11.4. The standard InChI is InChI=1S/C14H16N4O3/c1-14(2,3)21-13(19)20-9-11-15-17-12(18-16-11)10-7-5-4-6-8-10/h4-8H,9H2,1-3H3. The van der Waals surface area contributed by atoms with Crippen molar-refractivity contribution in [2.45, 2.75) is 33.0 Å². The number of hydrogen-bond donors (Lipinski definition) is 0. The molecule has 0 unspecified atom stereocenters. The Morgan fingerprint density at radius 1 is 1.05 bits per heavy atom. The maximum absolute atomic E-state index is 11.4. The molecule has 0 aliphatic rings. The molecule has 0 aliphatic carbocycles. The quantitative estimate of drug-likeness (QED) is 0.801. The molecule has 110 valence electrons. The molecule has 21 heavy (non-hydrogen) atoms. The van der Waals surface area contributed by atoms with E-state index in [0.717, 1.165) is 5.56 Å². The van der Waals surface area contributed by atoms with Gasteiger partial charge in [0.2, 0.25) is 11.6 Å². The first-order valence-corrected chi connectivity index (χ1v) is 6.41. The first-order chi connectivity index (χ1) is 9.94.